The van der Waals surface area contributed by atoms with E-state index in [0.717, 1.165) is 12.8 Å². The van der Waals surface area contributed by atoms with Gasteiger partial charge < -0.3 is 9.80 Å². The first kappa shape index (κ1) is 18.3. The van der Waals surface area contributed by atoms with Crippen LogP contribution in [0.25, 0.3) is 0 Å². The first-order valence-electron chi connectivity index (χ1n) is 8.01. The zero-order valence-electron chi connectivity index (χ0n) is 14.0. The van der Waals surface area contributed by atoms with Crippen molar-refractivity contribution in [2.24, 2.45) is 0 Å². The Bertz CT molecular complexity index is 618. The van der Waals surface area contributed by atoms with Crippen molar-refractivity contribution in [2.75, 3.05) is 31.2 Å². The molecule has 6 nitrogen and oxygen atoms in total. The van der Waals surface area contributed by atoms with Gasteiger partial charge >= 0.3 is 0 Å². The van der Waals surface area contributed by atoms with Gasteiger partial charge in [-0.05, 0) is 30.7 Å². The van der Waals surface area contributed by atoms with E-state index < -0.39 is 0 Å². The molecule has 0 saturated carbocycles. The van der Waals surface area contributed by atoms with E-state index in [1.54, 1.807) is 29.2 Å². The number of amides is 3. The molecule has 1 aliphatic heterocycles. The van der Waals surface area contributed by atoms with Crippen LogP contribution in [0.3, 0.4) is 0 Å². The van der Waals surface area contributed by atoms with Gasteiger partial charge in [0.25, 0.3) is 0 Å². The number of hydrogen-bond donors (Lipinski definition) is 0. The van der Waals surface area contributed by atoms with Crippen molar-refractivity contribution in [3.8, 4) is 0 Å². The predicted octanol–water partition coefficient (Wildman–Crippen LogP) is 2.12. The van der Waals surface area contributed by atoms with E-state index in [2.05, 4.69) is 0 Å². The van der Waals surface area contributed by atoms with Gasteiger partial charge in [0.2, 0.25) is 17.7 Å². The maximum Gasteiger partial charge on any atom is 0.248 e. The van der Waals surface area contributed by atoms with Crippen molar-refractivity contribution in [3.05, 3.63) is 29.3 Å². The minimum Gasteiger partial charge on any atom is -0.334 e. The average Bonchev–Trinajstić information content (AvgIpc) is 2.93. The fraction of sp³-hybridized carbons (Fsp3) is 0.471. The van der Waals surface area contributed by atoms with Crippen molar-refractivity contribution in [1.29, 1.82) is 0 Å². The van der Waals surface area contributed by atoms with E-state index in [1.807, 2.05) is 6.92 Å². The van der Waals surface area contributed by atoms with Crippen LogP contribution in [-0.2, 0) is 14.4 Å². The highest BCUT2D eigenvalue weighted by Gasteiger charge is 2.32. The molecule has 1 fully saturated rings. The van der Waals surface area contributed by atoms with E-state index in [4.69, 9.17) is 11.6 Å². The Kier molecular flexibility index (Phi) is 6.20. The molecule has 1 heterocycles. The van der Waals surface area contributed by atoms with Crippen LogP contribution < -0.4 is 4.90 Å². The second-order valence-electron chi connectivity index (χ2n) is 5.83. The maximum atomic E-state index is 12.4. The van der Waals surface area contributed by atoms with Crippen LogP contribution in [0.2, 0.25) is 5.02 Å². The summed E-state index contributed by atoms with van der Waals surface area (Å²) in [4.78, 5) is 40.8. The molecule has 0 radical (unpaired) electrons. The smallest absolute Gasteiger partial charge is 0.248 e. The largest absolute Gasteiger partial charge is 0.334 e. The summed E-state index contributed by atoms with van der Waals surface area (Å²) in [7, 11) is 0. The lowest BCUT2D eigenvalue weighted by atomic mass is 10.3. The molecular weight excluding hydrogens is 330 g/mol. The number of halogens is 1. The second kappa shape index (κ2) is 8.15. The third kappa shape index (κ3) is 4.47. The van der Waals surface area contributed by atoms with Crippen LogP contribution in [0.5, 0.6) is 0 Å². The normalized spacial score (nSPS) is 14.2. The van der Waals surface area contributed by atoms with Gasteiger partial charge in [0.1, 0.15) is 13.2 Å². The van der Waals surface area contributed by atoms with Crippen LogP contribution >= 0.6 is 11.6 Å². The van der Waals surface area contributed by atoms with E-state index in [0.29, 0.717) is 17.3 Å². The number of benzene rings is 1. The third-order valence-electron chi connectivity index (χ3n) is 3.98. The SMILES string of the molecule is CCCCN(CC(=O)N1CC(=O)N(c2ccc(Cl)cc2)C1)C(C)=O. The van der Waals surface area contributed by atoms with Crippen LogP contribution in [0.4, 0.5) is 5.69 Å². The molecule has 3 amide bonds. The fourth-order valence-corrected chi connectivity index (χ4v) is 2.65. The second-order valence-corrected chi connectivity index (χ2v) is 6.26. The van der Waals surface area contributed by atoms with Gasteiger partial charge in [0.05, 0.1) is 6.54 Å². The quantitative estimate of drug-likeness (QED) is 0.788. The lowest BCUT2D eigenvalue weighted by Gasteiger charge is -2.24. The summed E-state index contributed by atoms with van der Waals surface area (Å²) in [5.41, 5.74) is 0.703. The molecule has 2 rings (SSSR count). The monoisotopic (exact) mass is 351 g/mol. The summed E-state index contributed by atoms with van der Waals surface area (Å²) >= 11 is 5.86. The average molecular weight is 352 g/mol. The van der Waals surface area contributed by atoms with E-state index in [9.17, 15) is 14.4 Å². The molecule has 0 atom stereocenters. The lowest BCUT2D eigenvalue weighted by molar-refractivity contribution is -0.139. The van der Waals surface area contributed by atoms with Gasteiger partial charge in [-0.3, -0.25) is 19.3 Å². The predicted molar refractivity (Wildman–Crippen MR) is 92.7 cm³/mol. The summed E-state index contributed by atoms with van der Waals surface area (Å²) in [6, 6.07) is 6.91. The molecule has 7 heteroatoms. The first-order chi connectivity index (χ1) is 11.4. The number of nitrogens with zero attached hydrogens (tertiary/aromatic N) is 3. The van der Waals surface area contributed by atoms with E-state index in [1.165, 1.54) is 16.7 Å². The first-order valence-corrected chi connectivity index (χ1v) is 8.39. The molecule has 1 aromatic carbocycles. The van der Waals surface area contributed by atoms with Crippen molar-refractivity contribution < 1.29 is 14.4 Å². The Balaban J connectivity index is 2.00. The Morgan fingerprint density at radius 2 is 1.92 bits per heavy atom. The van der Waals surface area contributed by atoms with Crippen molar-refractivity contribution >= 4 is 35.0 Å². The minimum absolute atomic E-state index is 0.0110. The number of carbonyl (C=O) groups is 3. The maximum absolute atomic E-state index is 12.4. The van der Waals surface area contributed by atoms with Gasteiger partial charge in [-0.25, -0.2) is 0 Å². The summed E-state index contributed by atoms with van der Waals surface area (Å²) in [5, 5.41) is 0.589. The van der Waals surface area contributed by atoms with E-state index in [-0.39, 0.29) is 37.5 Å². The molecule has 0 spiro atoms. The highest BCUT2D eigenvalue weighted by molar-refractivity contribution is 6.30. The Hall–Kier alpha value is -2.08. The van der Waals surface area contributed by atoms with Crippen LogP contribution in [0.1, 0.15) is 26.7 Å². The Morgan fingerprint density at radius 1 is 1.25 bits per heavy atom. The Morgan fingerprint density at radius 3 is 2.50 bits per heavy atom. The number of unbranched alkanes of at least 4 members (excludes halogenated alkanes) is 1. The number of anilines is 1. The molecule has 0 unspecified atom stereocenters. The summed E-state index contributed by atoms with van der Waals surface area (Å²) < 4.78 is 0. The molecule has 0 N–H and O–H groups in total. The van der Waals surface area contributed by atoms with Gasteiger partial charge in [-0.2, -0.15) is 0 Å². The minimum atomic E-state index is -0.217. The van der Waals surface area contributed by atoms with Crippen LogP contribution in [-0.4, -0.2) is 53.8 Å². The van der Waals surface area contributed by atoms with Crippen LogP contribution in [0.15, 0.2) is 24.3 Å². The molecule has 1 saturated heterocycles. The third-order valence-corrected chi connectivity index (χ3v) is 4.24. The molecule has 0 aliphatic carbocycles. The Labute approximate surface area is 147 Å². The van der Waals surface area contributed by atoms with Gasteiger partial charge in [-0.15, -0.1) is 0 Å². The number of rotatable bonds is 6. The molecule has 0 bridgehead atoms. The zero-order chi connectivity index (χ0) is 17.7. The van der Waals surface area contributed by atoms with Crippen molar-refractivity contribution in [1.82, 2.24) is 9.80 Å². The van der Waals surface area contributed by atoms with Crippen molar-refractivity contribution in [3.63, 3.8) is 0 Å². The van der Waals surface area contributed by atoms with Gasteiger partial charge in [0.15, 0.2) is 0 Å². The standard InChI is InChI=1S/C17H22ClN3O3/c1-3-4-9-19(13(2)22)10-16(23)20-11-17(24)21(12-20)15-7-5-14(18)6-8-15/h5-8H,3-4,9-12H2,1-2H3. The molecule has 0 aromatic heterocycles. The highest BCUT2D eigenvalue weighted by atomic mass is 35.5. The molecular formula is C17H22ClN3O3. The topological polar surface area (TPSA) is 60.9 Å². The molecule has 1 aromatic rings. The fourth-order valence-electron chi connectivity index (χ4n) is 2.52. The molecule has 1 aliphatic rings. The summed E-state index contributed by atoms with van der Waals surface area (Å²) in [5.74, 6) is -0.489. The van der Waals surface area contributed by atoms with Gasteiger partial charge in [0, 0.05) is 24.2 Å². The van der Waals surface area contributed by atoms with Crippen LogP contribution in [0, 0.1) is 0 Å². The zero-order valence-corrected chi connectivity index (χ0v) is 14.8. The van der Waals surface area contributed by atoms with Gasteiger partial charge in [-0.1, -0.05) is 24.9 Å². The highest BCUT2D eigenvalue weighted by Crippen LogP contribution is 2.21. The van der Waals surface area contributed by atoms with E-state index >= 15 is 0 Å². The number of hydrogen-bond acceptors (Lipinski definition) is 3. The molecule has 24 heavy (non-hydrogen) atoms. The van der Waals surface area contributed by atoms with Crippen molar-refractivity contribution in [2.45, 2.75) is 26.7 Å². The summed E-state index contributed by atoms with van der Waals surface area (Å²) in [6.45, 7) is 4.28. The summed E-state index contributed by atoms with van der Waals surface area (Å²) in [6.07, 6.45) is 1.80. The molecule has 130 valence electrons. The lowest BCUT2D eigenvalue weighted by Crippen LogP contribution is -2.42. The number of carbonyl (C=O) groups excluding carboxylic acids is 3.